The van der Waals surface area contributed by atoms with Gasteiger partial charge in [-0.1, -0.05) is 42.8 Å². The Bertz CT molecular complexity index is 890. The van der Waals surface area contributed by atoms with Gasteiger partial charge in [-0.2, -0.15) is 0 Å². The molecule has 122 valence electrons. The van der Waals surface area contributed by atoms with E-state index in [4.69, 9.17) is 0 Å². The SMILES string of the molecule is Cc1cc(C)c(-n2ccnc2-c2cccc(C3(C)CC3)c2)c(C)c1. The first-order valence-electron chi connectivity index (χ1n) is 8.70. The molecule has 1 heterocycles. The molecule has 0 radical (unpaired) electrons. The Morgan fingerprint density at radius 3 is 2.38 bits per heavy atom. The van der Waals surface area contributed by atoms with Crippen LogP contribution in [0, 0.1) is 20.8 Å². The van der Waals surface area contributed by atoms with Crippen molar-refractivity contribution in [3.8, 4) is 17.1 Å². The molecule has 1 aliphatic rings. The second-order valence-corrected chi connectivity index (χ2v) is 7.51. The van der Waals surface area contributed by atoms with Crippen LogP contribution in [0.15, 0.2) is 48.8 Å². The highest BCUT2D eigenvalue weighted by molar-refractivity contribution is 5.63. The Morgan fingerprint density at radius 2 is 1.71 bits per heavy atom. The molecular weight excluding hydrogens is 292 g/mol. The maximum Gasteiger partial charge on any atom is 0.144 e. The summed E-state index contributed by atoms with van der Waals surface area (Å²) in [6, 6.07) is 13.4. The summed E-state index contributed by atoms with van der Waals surface area (Å²) in [6.45, 7) is 8.87. The molecular formula is C22H24N2. The van der Waals surface area contributed by atoms with Crippen molar-refractivity contribution >= 4 is 0 Å². The van der Waals surface area contributed by atoms with Crippen LogP contribution in [0.4, 0.5) is 0 Å². The number of hydrogen-bond acceptors (Lipinski definition) is 1. The molecule has 2 aromatic carbocycles. The number of imidazole rings is 1. The van der Waals surface area contributed by atoms with Gasteiger partial charge in [0.05, 0.1) is 5.69 Å². The van der Waals surface area contributed by atoms with Gasteiger partial charge in [-0.3, -0.25) is 4.57 Å². The van der Waals surface area contributed by atoms with Gasteiger partial charge in [0.25, 0.3) is 0 Å². The van der Waals surface area contributed by atoms with Crippen LogP contribution in [0.5, 0.6) is 0 Å². The molecule has 1 aromatic heterocycles. The Morgan fingerprint density at radius 1 is 1.00 bits per heavy atom. The molecule has 2 nitrogen and oxygen atoms in total. The Hall–Kier alpha value is -2.35. The van der Waals surface area contributed by atoms with Gasteiger partial charge in [0.2, 0.25) is 0 Å². The lowest BCUT2D eigenvalue weighted by Crippen LogP contribution is -2.04. The minimum absolute atomic E-state index is 0.378. The molecule has 0 saturated heterocycles. The highest BCUT2D eigenvalue weighted by Gasteiger charge is 2.39. The maximum absolute atomic E-state index is 4.67. The van der Waals surface area contributed by atoms with Crippen LogP contribution in [-0.4, -0.2) is 9.55 Å². The summed E-state index contributed by atoms with van der Waals surface area (Å²) >= 11 is 0. The van der Waals surface area contributed by atoms with Crippen LogP contribution < -0.4 is 0 Å². The van der Waals surface area contributed by atoms with E-state index in [1.54, 1.807) is 0 Å². The first-order chi connectivity index (χ1) is 11.5. The second-order valence-electron chi connectivity index (χ2n) is 7.51. The fourth-order valence-corrected chi connectivity index (χ4v) is 3.76. The standard InChI is InChI=1S/C22H24N2/c1-15-12-16(2)20(17(3)13-15)24-11-10-23-21(24)18-6-5-7-19(14-18)22(4)8-9-22/h5-7,10-14H,8-9H2,1-4H3. The van der Waals surface area contributed by atoms with E-state index in [0.29, 0.717) is 5.41 Å². The summed E-state index contributed by atoms with van der Waals surface area (Å²) < 4.78 is 2.23. The molecule has 3 aromatic rings. The van der Waals surface area contributed by atoms with Crippen molar-refractivity contribution < 1.29 is 0 Å². The lowest BCUT2D eigenvalue weighted by Gasteiger charge is -2.16. The summed E-state index contributed by atoms with van der Waals surface area (Å²) in [4.78, 5) is 4.67. The van der Waals surface area contributed by atoms with Gasteiger partial charge in [-0.05, 0) is 61.8 Å². The molecule has 2 heteroatoms. The van der Waals surface area contributed by atoms with Crippen LogP contribution in [0.2, 0.25) is 0 Å². The number of rotatable bonds is 3. The maximum atomic E-state index is 4.67. The van der Waals surface area contributed by atoms with Crippen molar-refractivity contribution in [2.45, 2.75) is 46.0 Å². The zero-order valence-corrected chi connectivity index (χ0v) is 14.9. The van der Waals surface area contributed by atoms with Crippen molar-refractivity contribution in [2.24, 2.45) is 0 Å². The first kappa shape index (κ1) is 15.2. The number of hydrogen-bond donors (Lipinski definition) is 0. The predicted octanol–water partition coefficient (Wildman–Crippen LogP) is 5.52. The van der Waals surface area contributed by atoms with Crippen molar-refractivity contribution in [3.63, 3.8) is 0 Å². The zero-order valence-electron chi connectivity index (χ0n) is 14.9. The van der Waals surface area contributed by atoms with Gasteiger partial charge in [0.1, 0.15) is 5.82 Å². The number of nitrogens with zero attached hydrogens (tertiary/aromatic N) is 2. The van der Waals surface area contributed by atoms with Crippen LogP contribution in [0.3, 0.4) is 0 Å². The summed E-state index contributed by atoms with van der Waals surface area (Å²) in [6.07, 6.45) is 6.56. The minimum atomic E-state index is 0.378. The molecule has 24 heavy (non-hydrogen) atoms. The third-order valence-corrected chi connectivity index (χ3v) is 5.33. The molecule has 0 spiro atoms. The summed E-state index contributed by atoms with van der Waals surface area (Å²) in [7, 11) is 0. The highest BCUT2D eigenvalue weighted by atomic mass is 15.1. The van der Waals surface area contributed by atoms with E-state index in [1.807, 2.05) is 6.20 Å². The van der Waals surface area contributed by atoms with E-state index in [-0.39, 0.29) is 0 Å². The van der Waals surface area contributed by atoms with E-state index in [1.165, 1.54) is 46.3 Å². The fourth-order valence-electron chi connectivity index (χ4n) is 3.76. The Labute approximate surface area is 144 Å². The number of benzene rings is 2. The van der Waals surface area contributed by atoms with Gasteiger partial charge >= 0.3 is 0 Å². The number of aromatic nitrogens is 2. The molecule has 0 amide bonds. The quantitative estimate of drug-likeness (QED) is 0.622. The van der Waals surface area contributed by atoms with Crippen LogP contribution in [-0.2, 0) is 5.41 Å². The van der Waals surface area contributed by atoms with Crippen molar-refractivity contribution in [1.82, 2.24) is 9.55 Å². The predicted molar refractivity (Wildman–Crippen MR) is 99.8 cm³/mol. The molecule has 0 unspecified atom stereocenters. The van der Waals surface area contributed by atoms with Crippen LogP contribution in [0.1, 0.15) is 42.0 Å². The molecule has 0 atom stereocenters. The molecule has 0 N–H and O–H groups in total. The lowest BCUT2D eigenvalue weighted by atomic mass is 9.96. The monoisotopic (exact) mass is 316 g/mol. The zero-order chi connectivity index (χ0) is 16.9. The molecule has 1 fully saturated rings. The van der Waals surface area contributed by atoms with Crippen molar-refractivity contribution in [2.75, 3.05) is 0 Å². The van der Waals surface area contributed by atoms with E-state index in [9.17, 15) is 0 Å². The van der Waals surface area contributed by atoms with Crippen molar-refractivity contribution in [1.29, 1.82) is 0 Å². The molecule has 0 bridgehead atoms. The van der Waals surface area contributed by atoms with E-state index < -0.39 is 0 Å². The van der Waals surface area contributed by atoms with Crippen LogP contribution in [0.25, 0.3) is 17.1 Å². The summed E-state index contributed by atoms with van der Waals surface area (Å²) in [5, 5.41) is 0. The van der Waals surface area contributed by atoms with Crippen LogP contribution >= 0.6 is 0 Å². The topological polar surface area (TPSA) is 17.8 Å². The Balaban J connectivity index is 1.85. The third kappa shape index (κ3) is 2.47. The van der Waals surface area contributed by atoms with Gasteiger partial charge in [-0.15, -0.1) is 0 Å². The average molecular weight is 316 g/mol. The van der Waals surface area contributed by atoms with E-state index in [0.717, 1.165) is 5.82 Å². The average Bonchev–Trinajstić information content (AvgIpc) is 3.11. The first-order valence-corrected chi connectivity index (χ1v) is 8.70. The largest absolute Gasteiger partial charge is 0.299 e. The normalized spacial score (nSPS) is 15.5. The number of aryl methyl sites for hydroxylation is 3. The summed E-state index contributed by atoms with van der Waals surface area (Å²) in [5.41, 5.74) is 8.14. The minimum Gasteiger partial charge on any atom is -0.299 e. The molecule has 0 aliphatic heterocycles. The lowest BCUT2D eigenvalue weighted by molar-refractivity contribution is 0.788. The van der Waals surface area contributed by atoms with E-state index in [2.05, 4.69) is 79.8 Å². The molecule has 4 rings (SSSR count). The second kappa shape index (κ2) is 5.34. The van der Waals surface area contributed by atoms with Gasteiger partial charge in [0.15, 0.2) is 0 Å². The molecule has 1 saturated carbocycles. The van der Waals surface area contributed by atoms with E-state index >= 15 is 0 Å². The third-order valence-electron chi connectivity index (χ3n) is 5.33. The van der Waals surface area contributed by atoms with Crippen molar-refractivity contribution in [3.05, 3.63) is 71.0 Å². The highest BCUT2D eigenvalue weighted by Crippen LogP contribution is 2.48. The molecule has 1 aliphatic carbocycles. The fraction of sp³-hybridized carbons (Fsp3) is 0.318. The van der Waals surface area contributed by atoms with Gasteiger partial charge < -0.3 is 0 Å². The van der Waals surface area contributed by atoms with Gasteiger partial charge in [0, 0.05) is 18.0 Å². The Kier molecular flexibility index (Phi) is 3.38. The summed E-state index contributed by atoms with van der Waals surface area (Å²) in [5.74, 6) is 1.02. The van der Waals surface area contributed by atoms with Gasteiger partial charge in [-0.25, -0.2) is 4.98 Å². The smallest absolute Gasteiger partial charge is 0.144 e.